The van der Waals surface area contributed by atoms with E-state index in [-0.39, 0.29) is 5.69 Å². The van der Waals surface area contributed by atoms with E-state index >= 15 is 0 Å². The van der Waals surface area contributed by atoms with E-state index in [4.69, 9.17) is 9.84 Å². The van der Waals surface area contributed by atoms with Gasteiger partial charge in [0.2, 0.25) is 0 Å². The van der Waals surface area contributed by atoms with Gasteiger partial charge in [-0.25, -0.2) is 9.48 Å². The molecule has 6 heteroatoms. The Hall–Kier alpha value is -1.43. The Morgan fingerprint density at radius 1 is 1.60 bits per heavy atom. The molecule has 0 aliphatic rings. The Morgan fingerprint density at radius 2 is 2.33 bits per heavy atom. The molecule has 0 bridgehead atoms. The van der Waals surface area contributed by atoms with E-state index in [1.807, 2.05) is 6.92 Å². The molecule has 0 atom stereocenters. The van der Waals surface area contributed by atoms with Crippen LogP contribution >= 0.6 is 0 Å². The van der Waals surface area contributed by atoms with Crippen molar-refractivity contribution in [2.45, 2.75) is 26.8 Å². The molecule has 6 nitrogen and oxygen atoms in total. The van der Waals surface area contributed by atoms with Crippen molar-refractivity contribution in [3.63, 3.8) is 0 Å². The summed E-state index contributed by atoms with van der Waals surface area (Å²) in [4.78, 5) is 10.7. The van der Waals surface area contributed by atoms with Crippen LogP contribution in [0.2, 0.25) is 0 Å². The number of hydrogen-bond donors (Lipinski definition) is 1. The second-order valence-corrected chi connectivity index (χ2v) is 3.10. The Bertz CT molecular complexity index is 335. The number of carboxylic acid groups (broad SMARTS) is 1. The minimum atomic E-state index is -1.04. The molecule has 1 heterocycles. The summed E-state index contributed by atoms with van der Waals surface area (Å²) >= 11 is 0. The van der Waals surface area contributed by atoms with Crippen LogP contribution in [0, 0.1) is 6.92 Å². The first kappa shape index (κ1) is 11.6. The number of aromatic carboxylic acids is 1. The van der Waals surface area contributed by atoms with Crippen LogP contribution in [0.5, 0.6) is 0 Å². The zero-order chi connectivity index (χ0) is 11.3. The van der Waals surface area contributed by atoms with Crippen molar-refractivity contribution in [2.24, 2.45) is 0 Å². The molecule has 1 N–H and O–H groups in total. The van der Waals surface area contributed by atoms with E-state index in [1.165, 1.54) is 0 Å². The van der Waals surface area contributed by atoms with Crippen molar-refractivity contribution < 1.29 is 14.6 Å². The van der Waals surface area contributed by atoms with Crippen LogP contribution in [0.4, 0.5) is 0 Å². The highest BCUT2D eigenvalue weighted by Gasteiger charge is 2.14. The molecule has 0 spiro atoms. The molecule has 0 aromatic carbocycles. The Kier molecular flexibility index (Phi) is 4.23. The number of carbonyl (C=O) groups is 1. The average Bonchev–Trinajstić information content (AvgIpc) is 2.55. The predicted molar refractivity (Wildman–Crippen MR) is 52.8 cm³/mol. The molecule has 84 valence electrons. The van der Waals surface area contributed by atoms with Gasteiger partial charge in [-0.2, -0.15) is 0 Å². The van der Waals surface area contributed by atoms with Crippen molar-refractivity contribution in [2.75, 3.05) is 13.2 Å². The highest BCUT2D eigenvalue weighted by atomic mass is 16.5. The van der Waals surface area contributed by atoms with Gasteiger partial charge in [0.15, 0.2) is 5.69 Å². The molecular formula is C9H15N3O3. The molecular weight excluding hydrogens is 198 g/mol. The second-order valence-electron chi connectivity index (χ2n) is 3.10. The molecule has 0 aliphatic carbocycles. The fraction of sp³-hybridized carbons (Fsp3) is 0.667. The lowest BCUT2D eigenvalue weighted by Gasteiger charge is -2.03. The number of hydrogen-bond acceptors (Lipinski definition) is 4. The van der Waals surface area contributed by atoms with Gasteiger partial charge in [-0.15, -0.1) is 5.10 Å². The fourth-order valence-electron chi connectivity index (χ4n) is 1.23. The van der Waals surface area contributed by atoms with Crippen LogP contribution in [0.3, 0.4) is 0 Å². The highest BCUT2D eigenvalue weighted by Crippen LogP contribution is 2.04. The number of carboxylic acids is 1. The lowest BCUT2D eigenvalue weighted by Crippen LogP contribution is -2.07. The lowest BCUT2D eigenvalue weighted by atomic mass is 10.3. The minimum absolute atomic E-state index is 0.0198. The third kappa shape index (κ3) is 3.02. The van der Waals surface area contributed by atoms with E-state index in [1.54, 1.807) is 11.6 Å². The Balaban J connectivity index is 2.51. The highest BCUT2D eigenvalue weighted by molar-refractivity contribution is 5.86. The number of aryl methyl sites for hydroxylation is 1. The summed E-state index contributed by atoms with van der Waals surface area (Å²) in [6, 6.07) is 0. The third-order valence-corrected chi connectivity index (χ3v) is 2.05. The van der Waals surface area contributed by atoms with Gasteiger partial charge < -0.3 is 9.84 Å². The zero-order valence-electron chi connectivity index (χ0n) is 8.93. The van der Waals surface area contributed by atoms with E-state index in [0.29, 0.717) is 25.5 Å². The van der Waals surface area contributed by atoms with E-state index in [9.17, 15) is 4.79 Å². The van der Waals surface area contributed by atoms with E-state index < -0.39 is 5.97 Å². The van der Waals surface area contributed by atoms with Crippen molar-refractivity contribution in [3.8, 4) is 0 Å². The molecule has 0 fully saturated rings. The first-order valence-electron chi connectivity index (χ1n) is 4.88. The summed E-state index contributed by atoms with van der Waals surface area (Å²) in [6.45, 7) is 5.61. The van der Waals surface area contributed by atoms with Gasteiger partial charge in [0.25, 0.3) is 0 Å². The Morgan fingerprint density at radius 3 is 2.87 bits per heavy atom. The van der Waals surface area contributed by atoms with Crippen molar-refractivity contribution in [3.05, 3.63) is 11.4 Å². The van der Waals surface area contributed by atoms with Crippen LogP contribution in [-0.4, -0.2) is 39.3 Å². The summed E-state index contributed by atoms with van der Waals surface area (Å²) in [5.41, 5.74) is 0.602. The SMILES string of the molecule is CCOCCCn1nnc(C(=O)O)c1C. The second kappa shape index (κ2) is 5.45. The zero-order valence-corrected chi connectivity index (χ0v) is 8.93. The van der Waals surface area contributed by atoms with Gasteiger partial charge in [0, 0.05) is 19.8 Å². The maximum Gasteiger partial charge on any atom is 0.358 e. The normalized spacial score (nSPS) is 10.5. The topological polar surface area (TPSA) is 77.2 Å². The predicted octanol–water partition coefficient (Wildman–Crippen LogP) is 0.711. The molecule has 0 saturated heterocycles. The van der Waals surface area contributed by atoms with Gasteiger partial charge in [0.1, 0.15) is 0 Å². The smallest absolute Gasteiger partial charge is 0.358 e. The molecule has 1 aromatic heterocycles. The standard InChI is InChI=1S/C9H15N3O3/c1-3-15-6-4-5-12-7(2)8(9(13)14)10-11-12/h3-6H2,1-2H3,(H,13,14). The van der Waals surface area contributed by atoms with Gasteiger partial charge in [-0.05, 0) is 20.3 Å². The fourth-order valence-corrected chi connectivity index (χ4v) is 1.23. The third-order valence-electron chi connectivity index (χ3n) is 2.05. The van der Waals surface area contributed by atoms with Crippen LogP contribution in [-0.2, 0) is 11.3 Å². The van der Waals surface area contributed by atoms with E-state index in [2.05, 4.69) is 10.3 Å². The number of nitrogens with zero attached hydrogens (tertiary/aromatic N) is 3. The molecule has 15 heavy (non-hydrogen) atoms. The summed E-state index contributed by atoms with van der Waals surface area (Å²) in [7, 11) is 0. The first-order valence-corrected chi connectivity index (χ1v) is 4.88. The minimum Gasteiger partial charge on any atom is -0.476 e. The summed E-state index contributed by atoms with van der Waals surface area (Å²) in [6.07, 6.45) is 0.803. The van der Waals surface area contributed by atoms with Crippen LogP contribution < -0.4 is 0 Å². The molecule has 0 unspecified atom stereocenters. The molecule has 0 aliphatic heterocycles. The molecule has 1 aromatic rings. The maximum atomic E-state index is 10.7. The number of rotatable bonds is 6. The summed E-state index contributed by atoms with van der Waals surface area (Å²) in [5.74, 6) is -1.04. The van der Waals surface area contributed by atoms with E-state index in [0.717, 1.165) is 6.42 Å². The molecule has 0 radical (unpaired) electrons. The number of ether oxygens (including phenoxy) is 1. The van der Waals surface area contributed by atoms with Gasteiger partial charge in [-0.1, -0.05) is 5.21 Å². The Labute approximate surface area is 87.9 Å². The van der Waals surface area contributed by atoms with Gasteiger partial charge >= 0.3 is 5.97 Å². The van der Waals surface area contributed by atoms with Crippen molar-refractivity contribution in [1.29, 1.82) is 0 Å². The average molecular weight is 213 g/mol. The molecule has 1 rings (SSSR count). The largest absolute Gasteiger partial charge is 0.476 e. The van der Waals surface area contributed by atoms with Gasteiger partial charge in [-0.3, -0.25) is 0 Å². The first-order chi connectivity index (χ1) is 7.16. The van der Waals surface area contributed by atoms with Crippen LogP contribution in [0.1, 0.15) is 29.5 Å². The quantitative estimate of drug-likeness (QED) is 0.704. The monoisotopic (exact) mass is 213 g/mol. The lowest BCUT2D eigenvalue weighted by molar-refractivity contribution is 0.0689. The van der Waals surface area contributed by atoms with Crippen LogP contribution in [0.15, 0.2) is 0 Å². The van der Waals surface area contributed by atoms with Crippen LogP contribution in [0.25, 0.3) is 0 Å². The maximum absolute atomic E-state index is 10.7. The molecule has 0 saturated carbocycles. The molecule has 0 amide bonds. The number of aromatic nitrogens is 3. The van der Waals surface area contributed by atoms with Gasteiger partial charge in [0.05, 0.1) is 5.69 Å². The summed E-state index contributed by atoms with van der Waals surface area (Å²) in [5, 5.41) is 16.1. The van der Waals surface area contributed by atoms with Crippen molar-refractivity contribution >= 4 is 5.97 Å². The van der Waals surface area contributed by atoms with Crippen molar-refractivity contribution in [1.82, 2.24) is 15.0 Å². The summed E-state index contributed by atoms with van der Waals surface area (Å²) < 4.78 is 6.76.